The van der Waals surface area contributed by atoms with Gasteiger partial charge < -0.3 is 15.3 Å². The summed E-state index contributed by atoms with van der Waals surface area (Å²) >= 11 is 0. The fourth-order valence-electron chi connectivity index (χ4n) is 2.63. The van der Waals surface area contributed by atoms with Gasteiger partial charge in [0.1, 0.15) is 5.75 Å². The first kappa shape index (κ1) is 18.5. The van der Waals surface area contributed by atoms with Gasteiger partial charge in [-0.1, -0.05) is 36.4 Å². The Morgan fingerprint density at radius 3 is 2.29 bits per heavy atom. The quantitative estimate of drug-likeness (QED) is 0.761. The smallest absolute Gasteiger partial charge is 0.121 e. The van der Waals surface area contributed by atoms with Crippen molar-refractivity contribution in [2.75, 3.05) is 6.54 Å². The first-order chi connectivity index (χ1) is 11.3. The molecule has 0 fully saturated rings. The molecule has 4 nitrogen and oxygen atoms in total. The molecule has 0 unspecified atom stereocenters. The summed E-state index contributed by atoms with van der Waals surface area (Å²) in [5.41, 5.74) is 2.21. The van der Waals surface area contributed by atoms with Gasteiger partial charge >= 0.3 is 0 Å². The summed E-state index contributed by atoms with van der Waals surface area (Å²) in [6.07, 6.45) is -0.696. The van der Waals surface area contributed by atoms with Gasteiger partial charge in [-0.15, -0.1) is 0 Å². The van der Waals surface area contributed by atoms with Gasteiger partial charge in [0.15, 0.2) is 0 Å². The van der Waals surface area contributed by atoms with Gasteiger partial charge in [0.25, 0.3) is 0 Å². The zero-order valence-electron chi connectivity index (χ0n) is 14.6. The molecule has 2 aromatic rings. The monoisotopic (exact) mass is 329 g/mol. The third kappa shape index (κ3) is 4.81. The Kier molecular flexibility index (Phi) is 5.99. The average Bonchev–Trinajstić information content (AvgIpc) is 2.54. The summed E-state index contributed by atoms with van der Waals surface area (Å²) in [7, 11) is 0. The molecule has 0 saturated heterocycles. The van der Waals surface area contributed by atoms with Crippen LogP contribution in [0.5, 0.6) is 5.75 Å². The Balaban J connectivity index is 2.17. The molecule has 0 aliphatic carbocycles. The third-order valence-electron chi connectivity index (χ3n) is 4.22. The molecule has 0 heterocycles. The molecule has 0 radical (unpaired) electrons. The number of phenols is 1. The van der Waals surface area contributed by atoms with Gasteiger partial charge in [-0.2, -0.15) is 0 Å². The van der Waals surface area contributed by atoms with Crippen LogP contribution in [0.1, 0.15) is 43.6 Å². The highest BCUT2D eigenvalue weighted by molar-refractivity contribution is 5.36. The number of hydrogen-bond acceptors (Lipinski definition) is 4. The van der Waals surface area contributed by atoms with Crippen molar-refractivity contribution in [2.45, 2.75) is 45.6 Å². The largest absolute Gasteiger partial charge is 0.508 e. The molecule has 0 spiro atoms. The van der Waals surface area contributed by atoms with Crippen LogP contribution in [-0.4, -0.2) is 32.3 Å². The lowest BCUT2D eigenvalue weighted by Crippen LogP contribution is -2.43. The molecular formula is C20H27NO3. The number of rotatable bonds is 6. The average molecular weight is 329 g/mol. The van der Waals surface area contributed by atoms with E-state index in [4.69, 9.17) is 0 Å². The number of hydrogen-bond donors (Lipinski definition) is 3. The molecule has 0 bridgehead atoms. The number of aliphatic hydroxyl groups excluding tert-OH is 2. The number of β-amino-alcohol motifs (C(OH)–C–C–N with tert-alkyl or cyclic N) is 1. The molecule has 0 amide bonds. The zero-order valence-corrected chi connectivity index (χ0v) is 14.6. The minimum Gasteiger partial charge on any atom is -0.508 e. The molecule has 3 N–H and O–H groups in total. The predicted molar refractivity (Wildman–Crippen MR) is 95.6 cm³/mol. The lowest BCUT2D eigenvalue weighted by molar-refractivity contribution is 0.0522. The minimum atomic E-state index is -0.696. The van der Waals surface area contributed by atoms with E-state index >= 15 is 0 Å². The summed E-state index contributed by atoms with van der Waals surface area (Å²) in [6, 6.07) is 15.0. The van der Waals surface area contributed by atoms with Crippen LogP contribution >= 0.6 is 0 Å². The van der Waals surface area contributed by atoms with Crippen LogP contribution in [0.3, 0.4) is 0 Å². The molecule has 2 rings (SSSR count). The second kappa shape index (κ2) is 7.79. The Morgan fingerprint density at radius 1 is 1.04 bits per heavy atom. The maximum atomic E-state index is 10.6. The van der Waals surface area contributed by atoms with Crippen molar-refractivity contribution in [2.24, 2.45) is 0 Å². The van der Waals surface area contributed by atoms with Crippen LogP contribution in [0.4, 0.5) is 0 Å². The van der Waals surface area contributed by atoms with Gasteiger partial charge in [-0.3, -0.25) is 4.90 Å². The maximum Gasteiger partial charge on any atom is 0.121 e. The summed E-state index contributed by atoms with van der Waals surface area (Å²) < 4.78 is 0. The molecule has 0 aromatic heterocycles. The van der Waals surface area contributed by atoms with Crippen molar-refractivity contribution in [3.63, 3.8) is 0 Å². The molecule has 0 aliphatic heterocycles. The van der Waals surface area contributed by atoms with Crippen LogP contribution in [0.25, 0.3) is 0 Å². The fraction of sp³-hybridized carbons (Fsp3) is 0.400. The summed E-state index contributed by atoms with van der Waals surface area (Å²) in [4.78, 5) is 2.22. The van der Waals surface area contributed by atoms with E-state index in [9.17, 15) is 15.3 Å². The van der Waals surface area contributed by atoms with Crippen LogP contribution in [0.15, 0.2) is 48.5 Å². The highest BCUT2D eigenvalue weighted by Crippen LogP contribution is 2.26. The predicted octanol–water partition coefficient (Wildman–Crippen LogP) is 3.22. The molecule has 0 saturated carbocycles. The highest BCUT2D eigenvalue weighted by Gasteiger charge is 2.24. The maximum absolute atomic E-state index is 10.6. The Hall–Kier alpha value is -1.88. The van der Waals surface area contributed by atoms with Gasteiger partial charge in [0.05, 0.1) is 12.7 Å². The second-order valence-electron chi connectivity index (χ2n) is 7.10. The molecule has 130 valence electrons. The standard InChI is InChI=1S/C20H27NO3/c1-20(2,3)21(12-15-7-5-4-6-8-15)13-19(24)16-9-10-18(23)17(11-16)14-22/h4-11,19,22-24H,12-14H2,1-3H3/t19-/m0/s1. The van der Waals surface area contributed by atoms with Crippen LogP contribution in [0, 0.1) is 0 Å². The Bertz CT molecular complexity index is 650. The molecule has 2 aromatic carbocycles. The molecule has 4 heteroatoms. The van der Waals surface area contributed by atoms with Crippen molar-refractivity contribution in [3.05, 3.63) is 65.2 Å². The Labute approximate surface area is 144 Å². The molecule has 24 heavy (non-hydrogen) atoms. The van der Waals surface area contributed by atoms with Crippen molar-refractivity contribution < 1.29 is 15.3 Å². The van der Waals surface area contributed by atoms with Gasteiger partial charge in [0.2, 0.25) is 0 Å². The zero-order chi connectivity index (χ0) is 17.7. The van der Waals surface area contributed by atoms with Crippen LogP contribution < -0.4 is 0 Å². The second-order valence-corrected chi connectivity index (χ2v) is 7.10. The SMILES string of the molecule is CC(C)(C)N(Cc1ccccc1)C[C@H](O)c1ccc(O)c(CO)c1. The van der Waals surface area contributed by atoms with E-state index in [2.05, 4.69) is 37.8 Å². The van der Waals surface area contributed by atoms with E-state index in [1.807, 2.05) is 18.2 Å². The highest BCUT2D eigenvalue weighted by atomic mass is 16.3. The van der Waals surface area contributed by atoms with Crippen molar-refractivity contribution in [1.29, 1.82) is 0 Å². The van der Waals surface area contributed by atoms with E-state index in [0.717, 1.165) is 6.54 Å². The van der Waals surface area contributed by atoms with Crippen molar-refractivity contribution in [1.82, 2.24) is 4.90 Å². The molecule has 0 aliphatic rings. The number of aliphatic hydroxyl groups is 2. The van der Waals surface area contributed by atoms with Crippen LogP contribution in [-0.2, 0) is 13.2 Å². The summed E-state index contributed by atoms with van der Waals surface area (Å²) in [5.74, 6) is 0.0467. The fourth-order valence-corrected chi connectivity index (χ4v) is 2.63. The van der Waals surface area contributed by atoms with E-state index in [0.29, 0.717) is 17.7 Å². The third-order valence-corrected chi connectivity index (χ3v) is 4.22. The lowest BCUT2D eigenvalue weighted by atomic mass is 10.0. The van der Waals surface area contributed by atoms with Gasteiger partial charge in [-0.25, -0.2) is 0 Å². The van der Waals surface area contributed by atoms with Gasteiger partial charge in [0, 0.05) is 24.2 Å². The van der Waals surface area contributed by atoms with E-state index in [1.54, 1.807) is 12.1 Å². The van der Waals surface area contributed by atoms with Crippen molar-refractivity contribution >= 4 is 0 Å². The van der Waals surface area contributed by atoms with E-state index in [1.165, 1.54) is 11.6 Å². The Morgan fingerprint density at radius 2 is 1.71 bits per heavy atom. The number of benzene rings is 2. The number of nitrogens with zero attached hydrogens (tertiary/aromatic N) is 1. The lowest BCUT2D eigenvalue weighted by Gasteiger charge is -2.37. The van der Waals surface area contributed by atoms with Gasteiger partial charge in [-0.05, 0) is 44.0 Å². The minimum absolute atomic E-state index is 0.0467. The number of aromatic hydroxyl groups is 1. The molecular weight excluding hydrogens is 302 g/mol. The first-order valence-corrected chi connectivity index (χ1v) is 8.21. The van der Waals surface area contributed by atoms with Crippen LogP contribution in [0.2, 0.25) is 0 Å². The normalized spacial score (nSPS) is 13.2. The molecule has 1 atom stereocenters. The van der Waals surface area contributed by atoms with E-state index < -0.39 is 6.10 Å². The van der Waals surface area contributed by atoms with Crippen molar-refractivity contribution in [3.8, 4) is 5.75 Å². The summed E-state index contributed by atoms with van der Waals surface area (Å²) in [5, 5.41) is 29.6. The topological polar surface area (TPSA) is 63.9 Å². The van der Waals surface area contributed by atoms with E-state index in [-0.39, 0.29) is 17.9 Å². The first-order valence-electron chi connectivity index (χ1n) is 8.21. The summed E-state index contributed by atoms with van der Waals surface area (Å²) in [6.45, 7) is 7.33.